The van der Waals surface area contributed by atoms with Gasteiger partial charge in [-0.25, -0.2) is 9.59 Å². The Hall–Kier alpha value is -3.17. The van der Waals surface area contributed by atoms with Crippen molar-refractivity contribution in [1.82, 2.24) is 20.2 Å². The lowest BCUT2D eigenvalue weighted by Gasteiger charge is -2.07. The smallest absolute Gasteiger partial charge is 0.335 e. The molecule has 2 amide bonds. The first-order valence-electron chi connectivity index (χ1n) is 5.34. The molecule has 1 heterocycles. The van der Waals surface area contributed by atoms with Crippen molar-refractivity contribution in [3.8, 4) is 5.75 Å². The molecule has 104 valence electrons. The normalized spacial score (nSPS) is 10.1. The second kappa shape index (κ2) is 5.22. The van der Waals surface area contributed by atoms with Crippen LogP contribution >= 0.6 is 0 Å². The third kappa shape index (κ3) is 2.98. The van der Waals surface area contributed by atoms with Crippen LogP contribution in [0.1, 0.15) is 10.4 Å². The van der Waals surface area contributed by atoms with Crippen molar-refractivity contribution in [2.75, 3.05) is 10.6 Å². The van der Waals surface area contributed by atoms with Crippen molar-refractivity contribution in [2.45, 2.75) is 0 Å². The van der Waals surface area contributed by atoms with E-state index in [4.69, 9.17) is 5.11 Å². The molecule has 0 fully saturated rings. The van der Waals surface area contributed by atoms with Crippen LogP contribution in [0.3, 0.4) is 0 Å². The van der Waals surface area contributed by atoms with Gasteiger partial charge in [0, 0.05) is 0 Å². The van der Waals surface area contributed by atoms with Crippen LogP contribution in [0.4, 0.5) is 16.4 Å². The van der Waals surface area contributed by atoms with E-state index in [0.717, 1.165) is 10.9 Å². The van der Waals surface area contributed by atoms with Gasteiger partial charge in [0.15, 0.2) is 0 Å². The topological polar surface area (TPSA) is 142 Å². The fourth-order valence-electron chi connectivity index (χ4n) is 1.36. The zero-order valence-corrected chi connectivity index (χ0v) is 10.2. The van der Waals surface area contributed by atoms with Crippen molar-refractivity contribution in [2.24, 2.45) is 7.05 Å². The predicted octanol–water partition coefficient (Wildman–Crippen LogP) is 0.258. The second-order valence-electron chi connectivity index (χ2n) is 3.72. The number of aromatic nitrogens is 4. The summed E-state index contributed by atoms with van der Waals surface area (Å²) in [6.07, 6.45) is 0. The Morgan fingerprint density at radius 2 is 2.05 bits per heavy atom. The van der Waals surface area contributed by atoms with E-state index in [1.807, 2.05) is 0 Å². The molecular formula is C10H10N6O4. The number of aromatic carboxylic acids is 1. The summed E-state index contributed by atoms with van der Waals surface area (Å²) < 4.78 is 0. The number of carbonyl (C=O) groups is 2. The number of tetrazole rings is 1. The van der Waals surface area contributed by atoms with Crippen LogP contribution in [-0.2, 0) is 7.05 Å². The van der Waals surface area contributed by atoms with Crippen molar-refractivity contribution in [3.63, 3.8) is 0 Å². The minimum Gasteiger partial charge on any atom is -0.506 e. The maximum Gasteiger partial charge on any atom is 0.335 e. The molecule has 0 atom stereocenters. The fraction of sp³-hybridized carbons (Fsp3) is 0.100. The lowest BCUT2D eigenvalue weighted by molar-refractivity contribution is 0.0696. The zero-order chi connectivity index (χ0) is 14.7. The lowest BCUT2D eigenvalue weighted by atomic mass is 10.2. The molecular weight excluding hydrogens is 268 g/mol. The van der Waals surface area contributed by atoms with Gasteiger partial charge in [0.05, 0.1) is 18.3 Å². The largest absolute Gasteiger partial charge is 0.506 e. The van der Waals surface area contributed by atoms with Crippen LogP contribution < -0.4 is 10.6 Å². The number of nitrogens with zero attached hydrogens (tertiary/aromatic N) is 4. The van der Waals surface area contributed by atoms with Crippen LogP contribution in [0.2, 0.25) is 0 Å². The number of amides is 2. The molecule has 0 saturated heterocycles. The average molecular weight is 278 g/mol. The maximum absolute atomic E-state index is 11.6. The summed E-state index contributed by atoms with van der Waals surface area (Å²) in [4.78, 5) is 23.5. The number of hydrogen-bond acceptors (Lipinski definition) is 6. The number of carboxylic acid groups (broad SMARTS) is 1. The van der Waals surface area contributed by atoms with Gasteiger partial charge in [-0.1, -0.05) is 5.10 Å². The van der Waals surface area contributed by atoms with Gasteiger partial charge in [0.25, 0.3) is 5.95 Å². The average Bonchev–Trinajstić information content (AvgIpc) is 2.77. The molecule has 4 N–H and O–H groups in total. The fourth-order valence-corrected chi connectivity index (χ4v) is 1.36. The third-order valence-corrected chi connectivity index (χ3v) is 2.23. The lowest BCUT2D eigenvalue weighted by Crippen LogP contribution is -2.20. The minimum absolute atomic E-state index is 0.00774. The Kier molecular flexibility index (Phi) is 3.46. The first-order valence-corrected chi connectivity index (χ1v) is 5.34. The van der Waals surface area contributed by atoms with E-state index in [1.54, 1.807) is 0 Å². The number of aryl methyl sites for hydroxylation is 1. The van der Waals surface area contributed by atoms with Crippen LogP contribution in [0, 0.1) is 0 Å². The SMILES string of the molecule is Cn1nnc(NC(=O)Nc2ccc(C(=O)O)cc2O)n1. The molecule has 10 nitrogen and oxygen atoms in total. The summed E-state index contributed by atoms with van der Waals surface area (Å²) >= 11 is 0. The molecule has 1 aromatic carbocycles. The molecule has 0 bridgehead atoms. The van der Waals surface area contributed by atoms with Gasteiger partial charge in [-0.15, -0.1) is 5.10 Å². The molecule has 1 aromatic heterocycles. The number of benzene rings is 1. The molecule has 0 aliphatic rings. The standard InChI is InChI=1S/C10H10N6O4/c1-16-14-9(13-15-16)12-10(20)11-6-3-2-5(8(18)19)4-7(6)17/h2-4,17H,1H3,(H,18,19)(H2,11,12,14,20). The molecule has 2 aromatic rings. The Balaban J connectivity index is 2.06. The summed E-state index contributed by atoms with van der Waals surface area (Å²) in [5, 5.41) is 33.8. The molecule has 2 rings (SSSR count). The van der Waals surface area contributed by atoms with Gasteiger partial charge in [0.1, 0.15) is 5.75 Å². The maximum atomic E-state index is 11.6. The number of rotatable bonds is 3. The van der Waals surface area contributed by atoms with Gasteiger partial charge < -0.3 is 15.5 Å². The Labute approximate surface area is 112 Å². The molecule has 0 aliphatic heterocycles. The third-order valence-electron chi connectivity index (χ3n) is 2.23. The summed E-state index contributed by atoms with van der Waals surface area (Å²) in [6.45, 7) is 0. The number of carboxylic acids is 1. The first-order chi connectivity index (χ1) is 9.45. The van der Waals surface area contributed by atoms with Crippen LogP contribution in [0.15, 0.2) is 18.2 Å². The summed E-state index contributed by atoms with van der Waals surface area (Å²) in [5.74, 6) is -1.56. The number of anilines is 2. The molecule has 10 heteroatoms. The van der Waals surface area contributed by atoms with Gasteiger partial charge in [-0.2, -0.15) is 4.80 Å². The summed E-state index contributed by atoms with van der Waals surface area (Å²) in [6, 6.07) is 2.84. The molecule has 20 heavy (non-hydrogen) atoms. The van der Waals surface area contributed by atoms with Crippen molar-refractivity contribution in [1.29, 1.82) is 0 Å². The van der Waals surface area contributed by atoms with Crippen LogP contribution in [-0.4, -0.2) is 42.4 Å². The number of nitrogens with one attached hydrogen (secondary N) is 2. The van der Waals surface area contributed by atoms with Gasteiger partial charge in [0.2, 0.25) is 0 Å². The number of aromatic hydroxyl groups is 1. The highest BCUT2D eigenvalue weighted by atomic mass is 16.4. The summed E-state index contributed by atoms with van der Waals surface area (Å²) in [5.41, 5.74) is -0.0413. The Morgan fingerprint density at radius 3 is 2.60 bits per heavy atom. The van der Waals surface area contributed by atoms with E-state index in [1.165, 1.54) is 19.2 Å². The summed E-state index contributed by atoms with van der Waals surface area (Å²) in [7, 11) is 1.53. The van der Waals surface area contributed by atoms with Crippen molar-refractivity contribution >= 4 is 23.6 Å². The highest BCUT2D eigenvalue weighted by Gasteiger charge is 2.11. The van der Waals surface area contributed by atoms with E-state index >= 15 is 0 Å². The first kappa shape index (κ1) is 13.3. The molecule has 0 saturated carbocycles. The second-order valence-corrected chi connectivity index (χ2v) is 3.72. The minimum atomic E-state index is -1.18. The number of urea groups is 1. The molecule has 0 radical (unpaired) electrons. The monoisotopic (exact) mass is 278 g/mol. The Bertz CT molecular complexity index is 668. The van der Waals surface area contributed by atoms with Gasteiger partial charge in [-0.05, 0) is 23.4 Å². The van der Waals surface area contributed by atoms with E-state index in [9.17, 15) is 14.7 Å². The molecule has 0 spiro atoms. The van der Waals surface area contributed by atoms with Gasteiger partial charge in [-0.3, -0.25) is 5.32 Å². The predicted molar refractivity (Wildman–Crippen MR) is 66.5 cm³/mol. The zero-order valence-electron chi connectivity index (χ0n) is 10.2. The van der Waals surface area contributed by atoms with Crippen LogP contribution in [0.25, 0.3) is 0 Å². The van der Waals surface area contributed by atoms with Crippen molar-refractivity contribution in [3.05, 3.63) is 23.8 Å². The van der Waals surface area contributed by atoms with Gasteiger partial charge >= 0.3 is 12.0 Å². The van der Waals surface area contributed by atoms with E-state index in [0.29, 0.717) is 0 Å². The number of phenols is 1. The number of phenolic OH excluding ortho intramolecular Hbond substituents is 1. The van der Waals surface area contributed by atoms with E-state index in [-0.39, 0.29) is 22.9 Å². The van der Waals surface area contributed by atoms with Crippen LogP contribution in [0.5, 0.6) is 5.75 Å². The van der Waals surface area contributed by atoms with Crippen molar-refractivity contribution < 1.29 is 19.8 Å². The quantitative estimate of drug-likeness (QED) is 0.589. The number of carbonyl (C=O) groups excluding carboxylic acids is 1. The number of hydrogen-bond donors (Lipinski definition) is 4. The Morgan fingerprint density at radius 1 is 1.30 bits per heavy atom. The van der Waals surface area contributed by atoms with E-state index < -0.39 is 12.0 Å². The molecule has 0 aliphatic carbocycles. The highest BCUT2D eigenvalue weighted by Crippen LogP contribution is 2.24. The highest BCUT2D eigenvalue weighted by molar-refractivity contribution is 6.00. The molecule has 0 unspecified atom stereocenters. The van der Waals surface area contributed by atoms with E-state index in [2.05, 4.69) is 26.0 Å².